The number of hydrogen-bond donors (Lipinski definition) is 0. The number of nitrogens with zero attached hydrogens (tertiary/aromatic N) is 3. The Hall–Kier alpha value is -0.120. The third-order valence-corrected chi connectivity index (χ3v) is 5.48. The SMILES string of the molecule is CN1CCC(N2CCC23CN(C(C)(C)C)C3)CC1. The highest BCUT2D eigenvalue weighted by Gasteiger charge is 2.56. The lowest BCUT2D eigenvalue weighted by molar-refractivity contribution is -0.172. The van der Waals surface area contributed by atoms with E-state index in [0.717, 1.165) is 6.04 Å². The maximum absolute atomic E-state index is 2.85. The van der Waals surface area contributed by atoms with E-state index in [-0.39, 0.29) is 0 Å². The molecule has 3 aliphatic rings. The fourth-order valence-corrected chi connectivity index (χ4v) is 3.91. The zero-order chi connectivity index (χ0) is 13.0. The summed E-state index contributed by atoms with van der Waals surface area (Å²) >= 11 is 0. The van der Waals surface area contributed by atoms with Gasteiger partial charge in [0.2, 0.25) is 0 Å². The van der Waals surface area contributed by atoms with Crippen LogP contribution in [0.5, 0.6) is 0 Å². The summed E-state index contributed by atoms with van der Waals surface area (Å²) in [6.45, 7) is 13.6. The van der Waals surface area contributed by atoms with Crippen molar-refractivity contribution in [3.63, 3.8) is 0 Å². The van der Waals surface area contributed by atoms with E-state index in [1.807, 2.05) is 0 Å². The lowest BCUT2D eigenvalue weighted by Gasteiger charge is -2.67. The summed E-state index contributed by atoms with van der Waals surface area (Å²) in [5.74, 6) is 0. The quantitative estimate of drug-likeness (QED) is 0.701. The van der Waals surface area contributed by atoms with Gasteiger partial charge >= 0.3 is 0 Å². The molecule has 3 nitrogen and oxygen atoms in total. The minimum Gasteiger partial charge on any atom is -0.306 e. The molecule has 18 heavy (non-hydrogen) atoms. The van der Waals surface area contributed by atoms with Crippen molar-refractivity contribution in [1.29, 1.82) is 0 Å². The highest BCUT2D eigenvalue weighted by atomic mass is 15.4. The summed E-state index contributed by atoms with van der Waals surface area (Å²) in [5, 5.41) is 0. The molecule has 3 aliphatic heterocycles. The van der Waals surface area contributed by atoms with Gasteiger partial charge in [0.15, 0.2) is 0 Å². The first-order chi connectivity index (χ1) is 8.41. The van der Waals surface area contributed by atoms with Crippen LogP contribution in [0.4, 0.5) is 0 Å². The van der Waals surface area contributed by atoms with Gasteiger partial charge in [0.1, 0.15) is 0 Å². The molecule has 0 amide bonds. The molecule has 0 radical (unpaired) electrons. The Morgan fingerprint density at radius 1 is 1.00 bits per heavy atom. The monoisotopic (exact) mass is 251 g/mol. The molecule has 0 saturated carbocycles. The van der Waals surface area contributed by atoms with Crippen LogP contribution in [0, 0.1) is 0 Å². The maximum Gasteiger partial charge on any atom is 0.0478 e. The van der Waals surface area contributed by atoms with E-state index in [0.29, 0.717) is 11.1 Å². The molecule has 0 aromatic rings. The van der Waals surface area contributed by atoms with Crippen LogP contribution in [0.2, 0.25) is 0 Å². The highest BCUT2D eigenvalue weighted by molar-refractivity contribution is 5.14. The molecule has 0 aliphatic carbocycles. The predicted octanol–water partition coefficient (Wildman–Crippen LogP) is 1.64. The highest BCUT2D eigenvalue weighted by Crippen LogP contribution is 2.44. The predicted molar refractivity (Wildman–Crippen MR) is 75.9 cm³/mol. The maximum atomic E-state index is 2.85. The van der Waals surface area contributed by atoms with Crippen molar-refractivity contribution in [1.82, 2.24) is 14.7 Å². The molecular weight excluding hydrogens is 222 g/mol. The van der Waals surface area contributed by atoms with Crippen molar-refractivity contribution < 1.29 is 0 Å². The fraction of sp³-hybridized carbons (Fsp3) is 1.00. The average molecular weight is 251 g/mol. The first-order valence-corrected chi connectivity index (χ1v) is 7.61. The van der Waals surface area contributed by atoms with Crippen LogP contribution in [0.15, 0.2) is 0 Å². The van der Waals surface area contributed by atoms with Crippen molar-refractivity contribution >= 4 is 0 Å². The molecule has 3 saturated heterocycles. The summed E-state index contributed by atoms with van der Waals surface area (Å²) in [7, 11) is 2.26. The van der Waals surface area contributed by atoms with E-state index < -0.39 is 0 Å². The minimum absolute atomic E-state index is 0.360. The molecule has 0 aromatic heterocycles. The van der Waals surface area contributed by atoms with Crippen molar-refractivity contribution in [2.24, 2.45) is 0 Å². The van der Waals surface area contributed by atoms with Crippen molar-refractivity contribution in [2.45, 2.75) is 57.2 Å². The van der Waals surface area contributed by atoms with Gasteiger partial charge in [-0.15, -0.1) is 0 Å². The van der Waals surface area contributed by atoms with E-state index >= 15 is 0 Å². The summed E-state index contributed by atoms with van der Waals surface area (Å²) < 4.78 is 0. The molecule has 3 fully saturated rings. The smallest absolute Gasteiger partial charge is 0.0478 e. The number of rotatable bonds is 1. The Bertz CT molecular complexity index is 306. The van der Waals surface area contributed by atoms with E-state index in [1.165, 1.54) is 52.0 Å². The molecule has 0 bridgehead atoms. The standard InChI is InChI=1S/C15H29N3/c1-14(2,3)17-11-15(12-17)7-10-18(15)13-5-8-16(4)9-6-13/h13H,5-12H2,1-4H3. The van der Waals surface area contributed by atoms with Crippen LogP contribution < -0.4 is 0 Å². The number of likely N-dealkylation sites (tertiary alicyclic amines) is 3. The van der Waals surface area contributed by atoms with Crippen molar-refractivity contribution in [3.8, 4) is 0 Å². The van der Waals surface area contributed by atoms with Gasteiger partial charge in [-0.05, 0) is 60.2 Å². The third-order valence-electron chi connectivity index (χ3n) is 5.48. The largest absolute Gasteiger partial charge is 0.306 e. The lowest BCUT2D eigenvalue weighted by Crippen LogP contribution is -2.80. The molecule has 1 spiro atoms. The van der Waals surface area contributed by atoms with E-state index in [9.17, 15) is 0 Å². The third kappa shape index (κ3) is 2.00. The summed E-state index contributed by atoms with van der Waals surface area (Å²) in [6.07, 6.45) is 4.20. The van der Waals surface area contributed by atoms with E-state index in [2.05, 4.69) is 42.5 Å². The van der Waals surface area contributed by atoms with E-state index in [4.69, 9.17) is 0 Å². The topological polar surface area (TPSA) is 9.72 Å². The van der Waals surface area contributed by atoms with Gasteiger partial charge in [-0.3, -0.25) is 9.80 Å². The van der Waals surface area contributed by atoms with Crippen LogP contribution in [0.3, 0.4) is 0 Å². The van der Waals surface area contributed by atoms with Crippen LogP contribution in [-0.2, 0) is 0 Å². The first-order valence-electron chi connectivity index (χ1n) is 7.61. The fourth-order valence-electron chi connectivity index (χ4n) is 3.91. The Labute approximate surface area is 112 Å². The molecule has 104 valence electrons. The van der Waals surface area contributed by atoms with Gasteiger partial charge < -0.3 is 4.90 Å². The van der Waals surface area contributed by atoms with Gasteiger partial charge in [0.25, 0.3) is 0 Å². The molecule has 3 rings (SSSR count). The molecular formula is C15H29N3. The molecule has 0 aromatic carbocycles. The number of hydrogen-bond acceptors (Lipinski definition) is 3. The lowest BCUT2D eigenvalue weighted by atomic mass is 9.73. The first kappa shape index (κ1) is 12.9. The Morgan fingerprint density at radius 3 is 2.06 bits per heavy atom. The minimum atomic E-state index is 0.360. The Morgan fingerprint density at radius 2 is 1.61 bits per heavy atom. The molecule has 0 N–H and O–H groups in total. The average Bonchev–Trinajstić information content (AvgIpc) is 2.15. The van der Waals surface area contributed by atoms with Gasteiger partial charge in [-0.25, -0.2) is 0 Å². The van der Waals surface area contributed by atoms with Crippen LogP contribution in [-0.4, -0.2) is 71.6 Å². The van der Waals surface area contributed by atoms with Crippen LogP contribution in [0.25, 0.3) is 0 Å². The van der Waals surface area contributed by atoms with Crippen LogP contribution in [0.1, 0.15) is 40.0 Å². The van der Waals surface area contributed by atoms with Gasteiger partial charge in [-0.1, -0.05) is 0 Å². The van der Waals surface area contributed by atoms with Gasteiger partial charge in [0, 0.05) is 36.8 Å². The summed E-state index contributed by atoms with van der Waals surface area (Å²) in [6, 6.07) is 0.872. The molecule has 0 unspecified atom stereocenters. The van der Waals surface area contributed by atoms with Gasteiger partial charge in [-0.2, -0.15) is 0 Å². The second-order valence-electron chi connectivity index (χ2n) is 7.73. The zero-order valence-corrected chi connectivity index (χ0v) is 12.6. The Balaban J connectivity index is 1.57. The van der Waals surface area contributed by atoms with Crippen molar-refractivity contribution in [2.75, 3.05) is 39.8 Å². The molecule has 0 atom stereocenters. The summed E-state index contributed by atoms with van der Waals surface area (Å²) in [5.41, 5.74) is 0.938. The van der Waals surface area contributed by atoms with Crippen LogP contribution >= 0.6 is 0 Å². The van der Waals surface area contributed by atoms with Crippen molar-refractivity contribution in [3.05, 3.63) is 0 Å². The summed E-state index contributed by atoms with van der Waals surface area (Å²) in [4.78, 5) is 7.97. The van der Waals surface area contributed by atoms with Gasteiger partial charge in [0.05, 0.1) is 0 Å². The molecule has 3 heteroatoms. The molecule has 3 heterocycles. The zero-order valence-electron chi connectivity index (χ0n) is 12.6. The normalized spacial score (nSPS) is 31.3. The second kappa shape index (κ2) is 4.19. The Kier molecular flexibility index (Phi) is 3.00. The number of piperidine rings is 1. The van der Waals surface area contributed by atoms with E-state index in [1.54, 1.807) is 0 Å². The second-order valence-corrected chi connectivity index (χ2v) is 7.73.